The third-order valence-electron chi connectivity index (χ3n) is 5.92. The number of hydrogen-bond acceptors (Lipinski definition) is 4. The monoisotopic (exact) mass is 473 g/mol. The Bertz CT molecular complexity index is 1270. The Morgan fingerprint density at radius 3 is 2.47 bits per heavy atom. The Balaban J connectivity index is 1.50. The van der Waals surface area contributed by atoms with Crippen molar-refractivity contribution in [1.29, 1.82) is 0 Å². The number of carbonyl (C=O) groups excluding carboxylic acids is 1. The van der Waals surface area contributed by atoms with Gasteiger partial charge in [-0.3, -0.25) is 4.79 Å². The molecule has 0 N–H and O–H groups in total. The Hall–Kier alpha value is -3.58. The highest BCUT2D eigenvalue weighted by molar-refractivity contribution is 8.00. The molecule has 5 rings (SSSR count). The molecule has 0 aliphatic carbocycles. The number of methoxy groups -OCH3 is 1. The number of ether oxygens (including phenoxy) is 1. The molecule has 4 aromatic rings. The largest absolute Gasteiger partial charge is 0.497 e. The fourth-order valence-corrected chi connectivity index (χ4v) is 5.33. The lowest BCUT2D eigenvalue weighted by Gasteiger charge is -2.24. The van der Waals surface area contributed by atoms with E-state index in [9.17, 15) is 9.18 Å². The van der Waals surface area contributed by atoms with Crippen LogP contribution in [0.5, 0.6) is 5.75 Å². The Morgan fingerprint density at radius 1 is 1.03 bits per heavy atom. The van der Waals surface area contributed by atoms with Crippen LogP contribution in [0.4, 0.5) is 4.39 Å². The van der Waals surface area contributed by atoms with Crippen molar-refractivity contribution in [2.45, 2.75) is 11.8 Å². The SMILES string of the molecule is COc1ccc(-c2nn(-c3ccccc3)cc2C2SCC(=O)N2CCc2ccc(F)cc2)cc1. The van der Waals surface area contributed by atoms with Crippen molar-refractivity contribution in [3.05, 3.63) is 102 Å². The second kappa shape index (κ2) is 9.73. The molecule has 1 aliphatic rings. The summed E-state index contributed by atoms with van der Waals surface area (Å²) in [7, 11) is 1.64. The number of thioether (sulfide) groups is 1. The van der Waals surface area contributed by atoms with Gasteiger partial charge in [-0.05, 0) is 60.5 Å². The molecule has 2 heterocycles. The molecule has 3 aromatic carbocycles. The van der Waals surface area contributed by atoms with E-state index in [0.717, 1.165) is 33.8 Å². The summed E-state index contributed by atoms with van der Waals surface area (Å²) >= 11 is 1.61. The molecule has 5 nitrogen and oxygen atoms in total. The number of amides is 1. The summed E-state index contributed by atoms with van der Waals surface area (Å²) in [6.45, 7) is 0.556. The van der Waals surface area contributed by atoms with Gasteiger partial charge in [0.15, 0.2) is 0 Å². The molecular weight excluding hydrogens is 449 g/mol. The molecule has 1 fully saturated rings. The van der Waals surface area contributed by atoms with Crippen molar-refractivity contribution >= 4 is 17.7 Å². The third kappa shape index (κ3) is 4.56. The third-order valence-corrected chi connectivity index (χ3v) is 7.15. The maximum Gasteiger partial charge on any atom is 0.233 e. The quantitative estimate of drug-likeness (QED) is 0.355. The molecule has 7 heteroatoms. The molecule has 1 saturated heterocycles. The van der Waals surface area contributed by atoms with Crippen molar-refractivity contribution < 1.29 is 13.9 Å². The van der Waals surface area contributed by atoms with Gasteiger partial charge in [0.25, 0.3) is 0 Å². The molecular formula is C27H24FN3O2S. The van der Waals surface area contributed by atoms with E-state index in [1.807, 2.05) is 70.4 Å². The summed E-state index contributed by atoms with van der Waals surface area (Å²) in [6.07, 6.45) is 2.68. The highest BCUT2D eigenvalue weighted by atomic mass is 32.2. The van der Waals surface area contributed by atoms with Gasteiger partial charge in [0, 0.05) is 23.9 Å². The van der Waals surface area contributed by atoms with E-state index in [0.29, 0.717) is 18.7 Å². The van der Waals surface area contributed by atoms with Gasteiger partial charge in [0.05, 0.1) is 24.2 Å². The van der Waals surface area contributed by atoms with Crippen LogP contribution < -0.4 is 4.74 Å². The van der Waals surface area contributed by atoms with Gasteiger partial charge in [0.1, 0.15) is 16.9 Å². The molecule has 1 unspecified atom stereocenters. The zero-order valence-corrected chi connectivity index (χ0v) is 19.5. The zero-order valence-electron chi connectivity index (χ0n) is 18.7. The van der Waals surface area contributed by atoms with Gasteiger partial charge >= 0.3 is 0 Å². The van der Waals surface area contributed by atoms with Crippen molar-refractivity contribution in [3.63, 3.8) is 0 Å². The van der Waals surface area contributed by atoms with Crippen molar-refractivity contribution in [2.75, 3.05) is 19.4 Å². The minimum Gasteiger partial charge on any atom is -0.497 e. The van der Waals surface area contributed by atoms with Gasteiger partial charge in [-0.15, -0.1) is 11.8 Å². The Morgan fingerprint density at radius 2 is 1.76 bits per heavy atom. The summed E-state index contributed by atoms with van der Waals surface area (Å²) in [5, 5.41) is 4.77. The highest BCUT2D eigenvalue weighted by Gasteiger charge is 2.35. The van der Waals surface area contributed by atoms with Crippen LogP contribution in [0.2, 0.25) is 0 Å². The Labute approximate surface area is 202 Å². The molecule has 1 amide bonds. The van der Waals surface area contributed by atoms with Crippen LogP contribution in [0.15, 0.2) is 85.1 Å². The standard InChI is InChI=1S/C27H24FN3O2S/c1-33-23-13-9-20(10-14-23)26-24(17-31(29-26)22-5-3-2-4-6-22)27-30(25(32)18-34-27)16-15-19-7-11-21(28)12-8-19/h2-14,17,27H,15-16,18H2,1H3. The number of carbonyl (C=O) groups is 1. The predicted molar refractivity (Wildman–Crippen MR) is 133 cm³/mol. The maximum absolute atomic E-state index is 13.3. The van der Waals surface area contributed by atoms with E-state index in [1.165, 1.54) is 12.1 Å². The predicted octanol–water partition coefficient (Wildman–Crippen LogP) is 5.50. The molecule has 1 aromatic heterocycles. The van der Waals surface area contributed by atoms with Crippen LogP contribution in [-0.4, -0.2) is 40.0 Å². The second-order valence-electron chi connectivity index (χ2n) is 8.07. The number of nitrogens with zero attached hydrogens (tertiary/aromatic N) is 3. The molecule has 0 bridgehead atoms. The summed E-state index contributed by atoms with van der Waals surface area (Å²) < 4.78 is 20.5. The van der Waals surface area contributed by atoms with E-state index < -0.39 is 0 Å². The van der Waals surface area contributed by atoms with Crippen LogP contribution >= 0.6 is 11.8 Å². The van der Waals surface area contributed by atoms with Gasteiger partial charge in [0.2, 0.25) is 5.91 Å². The maximum atomic E-state index is 13.3. The average Bonchev–Trinajstić information content (AvgIpc) is 3.48. The highest BCUT2D eigenvalue weighted by Crippen LogP contribution is 2.43. The lowest BCUT2D eigenvalue weighted by Crippen LogP contribution is -2.30. The molecule has 1 aliphatic heterocycles. The molecule has 0 saturated carbocycles. The number of benzene rings is 3. The van der Waals surface area contributed by atoms with Crippen LogP contribution in [0, 0.1) is 5.82 Å². The van der Waals surface area contributed by atoms with Crippen LogP contribution in [-0.2, 0) is 11.2 Å². The zero-order chi connectivity index (χ0) is 23.5. The smallest absolute Gasteiger partial charge is 0.233 e. The molecule has 0 radical (unpaired) electrons. The fourth-order valence-electron chi connectivity index (χ4n) is 4.11. The van der Waals surface area contributed by atoms with E-state index in [1.54, 1.807) is 31.0 Å². The normalized spacial score (nSPS) is 15.6. The topological polar surface area (TPSA) is 47.4 Å². The minimum absolute atomic E-state index is 0.102. The minimum atomic E-state index is -0.258. The number of rotatable bonds is 7. The van der Waals surface area contributed by atoms with Crippen LogP contribution in [0.3, 0.4) is 0 Å². The summed E-state index contributed by atoms with van der Waals surface area (Å²) in [5.74, 6) is 1.04. The lowest BCUT2D eigenvalue weighted by molar-refractivity contribution is -0.128. The molecule has 34 heavy (non-hydrogen) atoms. The first-order chi connectivity index (χ1) is 16.6. The van der Waals surface area contributed by atoms with E-state index in [-0.39, 0.29) is 17.1 Å². The first-order valence-corrected chi connectivity index (χ1v) is 12.1. The molecule has 0 spiro atoms. The van der Waals surface area contributed by atoms with Gasteiger partial charge in [-0.2, -0.15) is 5.10 Å². The van der Waals surface area contributed by atoms with Crippen molar-refractivity contribution in [1.82, 2.24) is 14.7 Å². The van der Waals surface area contributed by atoms with Gasteiger partial charge in [-0.25, -0.2) is 9.07 Å². The number of aromatic nitrogens is 2. The van der Waals surface area contributed by atoms with Crippen molar-refractivity contribution in [2.24, 2.45) is 0 Å². The molecule has 1 atom stereocenters. The number of halogens is 1. The van der Waals surface area contributed by atoms with Gasteiger partial charge < -0.3 is 9.64 Å². The van der Waals surface area contributed by atoms with Crippen molar-refractivity contribution in [3.8, 4) is 22.7 Å². The second-order valence-corrected chi connectivity index (χ2v) is 9.14. The van der Waals surface area contributed by atoms with E-state index >= 15 is 0 Å². The number of hydrogen-bond donors (Lipinski definition) is 0. The van der Waals surface area contributed by atoms with Crippen LogP contribution in [0.25, 0.3) is 16.9 Å². The summed E-state index contributed by atoms with van der Waals surface area (Å²) in [4.78, 5) is 14.8. The van der Waals surface area contributed by atoms with E-state index in [4.69, 9.17) is 9.84 Å². The van der Waals surface area contributed by atoms with E-state index in [2.05, 4.69) is 0 Å². The lowest BCUT2D eigenvalue weighted by atomic mass is 10.1. The van der Waals surface area contributed by atoms with Crippen LogP contribution in [0.1, 0.15) is 16.5 Å². The Kier molecular flexibility index (Phi) is 6.36. The first-order valence-electron chi connectivity index (χ1n) is 11.1. The average molecular weight is 474 g/mol. The van der Waals surface area contributed by atoms with Gasteiger partial charge in [-0.1, -0.05) is 30.3 Å². The summed E-state index contributed by atoms with van der Waals surface area (Å²) in [5.41, 5.74) is 4.74. The number of para-hydroxylation sites is 1. The fraction of sp³-hybridized carbons (Fsp3) is 0.185. The summed E-state index contributed by atoms with van der Waals surface area (Å²) in [6, 6.07) is 24.2. The molecule has 172 valence electrons. The first kappa shape index (κ1) is 22.2.